The van der Waals surface area contributed by atoms with E-state index >= 15 is 0 Å². The van der Waals surface area contributed by atoms with Gasteiger partial charge in [0.2, 0.25) is 11.8 Å². The van der Waals surface area contributed by atoms with Crippen LogP contribution in [0.1, 0.15) is 30.1 Å². The van der Waals surface area contributed by atoms with Crippen molar-refractivity contribution in [1.29, 1.82) is 0 Å². The highest BCUT2D eigenvalue weighted by molar-refractivity contribution is 5.97. The number of H-pyrrole nitrogens is 2. The quantitative estimate of drug-likeness (QED) is 0.447. The predicted molar refractivity (Wildman–Crippen MR) is 106 cm³/mol. The molecule has 0 aliphatic heterocycles. The van der Waals surface area contributed by atoms with Gasteiger partial charge in [-0.05, 0) is 43.3 Å². The number of carbonyl (C=O) groups is 3. The number of hydrogen-bond donors (Lipinski definition) is 4. The van der Waals surface area contributed by atoms with Gasteiger partial charge in [-0.1, -0.05) is 0 Å². The molecule has 29 heavy (non-hydrogen) atoms. The van der Waals surface area contributed by atoms with Crippen LogP contribution in [0.15, 0.2) is 41.2 Å². The number of imidazole rings is 1. The number of aromatic amines is 2. The third kappa shape index (κ3) is 5.28. The van der Waals surface area contributed by atoms with E-state index in [0.29, 0.717) is 22.4 Å². The molecule has 0 unspecified atom stereocenters. The Bertz CT molecular complexity index is 1100. The van der Waals surface area contributed by atoms with Gasteiger partial charge in [0.15, 0.2) is 5.65 Å². The molecule has 0 saturated heterocycles. The molecule has 3 aromatic rings. The summed E-state index contributed by atoms with van der Waals surface area (Å²) in [5.41, 5.74) is 1.37. The predicted octanol–water partition coefficient (Wildman–Crippen LogP) is 1.79. The fraction of sp³-hybridized carbons (Fsp3) is 0.211. The molecule has 2 heterocycles. The summed E-state index contributed by atoms with van der Waals surface area (Å²) >= 11 is 0. The van der Waals surface area contributed by atoms with Crippen molar-refractivity contribution in [1.82, 2.24) is 15.0 Å². The van der Waals surface area contributed by atoms with Crippen LogP contribution in [-0.4, -0.2) is 39.3 Å². The normalized spacial score (nSPS) is 10.5. The lowest BCUT2D eigenvalue weighted by Gasteiger charge is -2.07. The van der Waals surface area contributed by atoms with Crippen molar-refractivity contribution in [2.75, 3.05) is 17.2 Å². The van der Waals surface area contributed by atoms with E-state index in [4.69, 9.17) is 4.74 Å². The van der Waals surface area contributed by atoms with E-state index in [2.05, 4.69) is 25.6 Å². The zero-order valence-electron chi connectivity index (χ0n) is 15.6. The Labute approximate surface area is 164 Å². The number of ether oxygens (including phenoxy) is 1. The van der Waals surface area contributed by atoms with Gasteiger partial charge in [0.25, 0.3) is 0 Å². The van der Waals surface area contributed by atoms with Crippen LogP contribution in [-0.2, 0) is 14.3 Å². The van der Waals surface area contributed by atoms with E-state index < -0.39 is 5.97 Å². The molecule has 1 aromatic carbocycles. The standard InChI is InChI=1S/C19H19N5O5/c1-2-29-18(27)11-3-5-12(6-4-11)20-15(25)9-10-16(26)22-14-8-7-13-17(23-14)24-19(28)21-13/h3-8H,2,9-10H2,1H3,(H,20,25)(H3,21,22,23,24,26,28). The first-order valence-corrected chi connectivity index (χ1v) is 8.90. The smallest absolute Gasteiger partial charge is 0.338 e. The summed E-state index contributed by atoms with van der Waals surface area (Å²) in [6.45, 7) is 2.00. The topological polar surface area (TPSA) is 146 Å². The summed E-state index contributed by atoms with van der Waals surface area (Å²) in [7, 11) is 0. The number of amides is 2. The third-order valence-corrected chi connectivity index (χ3v) is 3.90. The van der Waals surface area contributed by atoms with Crippen molar-refractivity contribution in [3.63, 3.8) is 0 Å². The van der Waals surface area contributed by atoms with E-state index in [0.717, 1.165) is 0 Å². The number of rotatable bonds is 7. The maximum Gasteiger partial charge on any atom is 0.338 e. The van der Waals surface area contributed by atoms with E-state index in [-0.39, 0.29) is 42.8 Å². The second-order valence-corrected chi connectivity index (χ2v) is 6.07. The summed E-state index contributed by atoms with van der Waals surface area (Å²) in [6, 6.07) is 9.43. The Hall–Kier alpha value is -3.95. The molecule has 10 nitrogen and oxygen atoms in total. The summed E-state index contributed by atoms with van der Waals surface area (Å²) in [4.78, 5) is 56.0. The number of anilines is 2. The molecular formula is C19H19N5O5. The first-order chi connectivity index (χ1) is 13.9. The van der Waals surface area contributed by atoms with Crippen LogP contribution in [0.5, 0.6) is 0 Å². The minimum atomic E-state index is -0.433. The summed E-state index contributed by atoms with van der Waals surface area (Å²) in [6.07, 6.45) is -0.0786. The van der Waals surface area contributed by atoms with Gasteiger partial charge < -0.3 is 20.4 Å². The lowest BCUT2D eigenvalue weighted by molar-refractivity contribution is -0.121. The number of hydrogen-bond acceptors (Lipinski definition) is 6. The van der Waals surface area contributed by atoms with Gasteiger partial charge in [0.1, 0.15) is 5.82 Å². The van der Waals surface area contributed by atoms with Gasteiger partial charge in [-0.15, -0.1) is 0 Å². The molecule has 0 atom stereocenters. The Morgan fingerprint density at radius 1 is 0.966 bits per heavy atom. The van der Waals surface area contributed by atoms with E-state index in [1.165, 1.54) is 0 Å². The highest BCUT2D eigenvalue weighted by Crippen LogP contribution is 2.12. The van der Waals surface area contributed by atoms with Gasteiger partial charge >= 0.3 is 11.7 Å². The monoisotopic (exact) mass is 397 g/mol. The largest absolute Gasteiger partial charge is 0.462 e. The molecule has 2 amide bonds. The molecule has 150 valence electrons. The minimum absolute atomic E-state index is 0.0330. The summed E-state index contributed by atoms with van der Waals surface area (Å²) in [5, 5.41) is 5.23. The number of pyridine rings is 1. The Balaban J connectivity index is 1.48. The molecular weight excluding hydrogens is 378 g/mol. The molecule has 0 aliphatic rings. The first kappa shape index (κ1) is 19.8. The fourth-order valence-corrected chi connectivity index (χ4v) is 2.55. The SMILES string of the molecule is CCOC(=O)c1ccc(NC(=O)CCC(=O)Nc2ccc3[nH]c(=O)[nH]c3n2)cc1. The highest BCUT2D eigenvalue weighted by atomic mass is 16.5. The molecule has 3 rings (SSSR count). The van der Waals surface area contributed by atoms with Crippen LogP contribution in [0.2, 0.25) is 0 Å². The maximum atomic E-state index is 12.0. The average Bonchev–Trinajstić information content (AvgIpc) is 3.06. The van der Waals surface area contributed by atoms with Crippen LogP contribution in [0.3, 0.4) is 0 Å². The molecule has 10 heteroatoms. The first-order valence-electron chi connectivity index (χ1n) is 8.90. The number of esters is 1. The van der Waals surface area contributed by atoms with E-state index in [1.807, 2.05) is 0 Å². The second-order valence-electron chi connectivity index (χ2n) is 6.07. The van der Waals surface area contributed by atoms with Crippen molar-refractivity contribution >= 4 is 40.5 Å². The lowest BCUT2D eigenvalue weighted by atomic mass is 10.2. The van der Waals surface area contributed by atoms with Crippen LogP contribution in [0, 0.1) is 0 Å². The Morgan fingerprint density at radius 3 is 2.34 bits per heavy atom. The van der Waals surface area contributed by atoms with Crippen LogP contribution in [0.25, 0.3) is 11.2 Å². The van der Waals surface area contributed by atoms with Gasteiger partial charge in [-0.2, -0.15) is 0 Å². The zero-order chi connectivity index (χ0) is 20.8. The summed E-state index contributed by atoms with van der Waals surface area (Å²) < 4.78 is 4.89. The number of nitrogens with zero attached hydrogens (tertiary/aromatic N) is 1. The van der Waals surface area contributed by atoms with E-state index in [1.54, 1.807) is 43.3 Å². The molecule has 0 fully saturated rings. The van der Waals surface area contributed by atoms with Crippen LogP contribution >= 0.6 is 0 Å². The fourth-order valence-electron chi connectivity index (χ4n) is 2.55. The number of nitrogens with one attached hydrogen (secondary N) is 4. The van der Waals surface area contributed by atoms with Crippen LogP contribution in [0.4, 0.5) is 11.5 Å². The van der Waals surface area contributed by atoms with E-state index in [9.17, 15) is 19.2 Å². The number of aromatic nitrogens is 3. The van der Waals surface area contributed by atoms with Crippen molar-refractivity contribution in [2.45, 2.75) is 19.8 Å². The number of fused-ring (bicyclic) bond motifs is 1. The van der Waals surface area contributed by atoms with Crippen molar-refractivity contribution in [3.8, 4) is 0 Å². The van der Waals surface area contributed by atoms with Gasteiger partial charge in [0.05, 0.1) is 17.7 Å². The zero-order valence-corrected chi connectivity index (χ0v) is 15.6. The molecule has 2 aromatic heterocycles. The van der Waals surface area contributed by atoms with Crippen molar-refractivity contribution < 1.29 is 19.1 Å². The maximum absolute atomic E-state index is 12.0. The molecule has 0 radical (unpaired) electrons. The summed E-state index contributed by atoms with van der Waals surface area (Å²) in [5.74, 6) is -0.893. The molecule has 0 bridgehead atoms. The minimum Gasteiger partial charge on any atom is -0.462 e. The van der Waals surface area contributed by atoms with Gasteiger partial charge in [-0.3, -0.25) is 14.6 Å². The molecule has 0 spiro atoms. The third-order valence-electron chi connectivity index (χ3n) is 3.90. The molecule has 0 saturated carbocycles. The van der Waals surface area contributed by atoms with Crippen molar-refractivity contribution in [3.05, 3.63) is 52.4 Å². The molecule has 0 aliphatic carbocycles. The van der Waals surface area contributed by atoms with Gasteiger partial charge in [-0.25, -0.2) is 14.6 Å². The van der Waals surface area contributed by atoms with Crippen molar-refractivity contribution in [2.24, 2.45) is 0 Å². The highest BCUT2D eigenvalue weighted by Gasteiger charge is 2.10. The Kier molecular flexibility index (Phi) is 6.03. The number of benzene rings is 1. The van der Waals surface area contributed by atoms with Crippen LogP contribution < -0.4 is 16.3 Å². The second kappa shape index (κ2) is 8.83. The number of carbonyl (C=O) groups excluding carboxylic acids is 3. The van der Waals surface area contributed by atoms with Gasteiger partial charge in [0, 0.05) is 18.5 Å². The molecule has 4 N–H and O–H groups in total. The average molecular weight is 397 g/mol. The Morgan fingerprint density at radius 2 is 1.66 bits per heavy atom. The lowest BCUT2D eigenvalue weighted by Crippen LogP contribution is -2.17.